The smallest absolute Gasteiger partial charge is 0.323 e. The van der Waals surface area contributed by atoms with E-state index in [0.29, 0.717) is 6.42 Å². The molecule has 0 unspecified atom stereocenters. The molecule has 1 saturated carbocycles. The van der Waals surface area contributed by atoms with Crippen molar-refractivity contribution in [2.45, 2.75) is 31.5 Å². The fraction of sp³-hybridized carbons (Fsp3) is 0.522. The molecular formula is C23H26O7. The molecule has 3 aliphatic rings. The van der Waals surface area contributed by atoms with Crippen LogP contribution < -0.4 is 0 Å². The first-order valence-corrected chi connectivity index (χ1v) is 10.1. The van der Waals surface area contributed by atoms with Gasteiger partial charge in [-0.25, -0.2) is 0 Å². The Kier molecular flexibility index (Phi) is 5.40. The molecule has 7 nitrogen and oxygen atoms in total. The highest BCUT2D eigenvalue weighted by Crippen LogP contribution is 2.57. The van der Waals surface area contributed by atoms with Crippen molar-refractivity contribution in [1.29, 1.82) is 0 Å². The van der Waals surface area contributed by atoms with Gasteiger partial charge in [0.1, 0.15) is 0 Å². The van der Waals surface area contributed by atoms with E-state index in [1.54, 1.807) is 0 Å². The molecule has 0 spiro atoms. The van der Waals surface area contributed by atoms with E-state index in [0.717, 1.165) is 11.1 Å². The minimum atomic E-state index is -1.42. The second-order valence-corrected chi connectivity index (χ2v) is 8.25. The van der Waals surface area contributed by atoms with Gasteiger partial charge in [0.15, 0.2) is 5.41 Å². The molecule has 7 heteroatoms. The van der Waals surface area contributed by atoms with Gasteiger partial charge in [0.25, 0.3) is 0 Å². The number of rotatable bonds is 4. The number of hydrogen-bond acceptors (Lipinski definition) is 7. The Morgan fingerprint density at radius 2 is 1.63 bits per heavy atom. The number of hydrogen-bond donors (Lipinski definition) is 0. The summed E-state index contributed by atoms with van der Waals surface area (Å²) in [5, 5.41) is 0. The Hall–Kier alpha value is -2.67. The first kappa shape index (κ1) is 20.6. The van der Waals surface area contributed by atoms with Crippen molar-refractivity contribution in [3.05, 3.63) is 47.5 Å². The van der Waals surface area contributed by atoms with Crippen molar-refractivity contribution < 1.29 is 33.3 Å². The zero-order valence-corrected chi connectivity index (χ0v) is 17.3. The summed E-state index contributed by atoms with van der Waals surface area (Å²) >= 11 is 0. The van der Waals surface area contributed by atoms with Gasteiger partial charge < -0.3 is 18.9 Å². The molecule has 1 aliphatic heterocycles. The summed E-state index contributed by atoms with van der Waals surface area (Å²) in [6, 6.07) is 9.89. The molecular weight excluding hydrogens is 388 g/mol. The summed E-state index contributed by atoms with van der Waals surface area (Å²) in [5.41, 5.74) is 0.658. The maximum atomic E-state index is 12.8. The number of methoxy groups -OCH3 is 3. The fourth-order valence-corrected chi connectivity index (χ4v) is 5.49. The van der Waals surface area contributed by atoms with Gasteiger partial charge in [-0.1, -0.05) is 36.4 Å². The number of carbonyl (C=O) groups excluding carboxylic acids is 3. The van der Waals surface area contributed by atoms with E-state index < -0.39 is 29.4 Å². The van der Waals surface area contributed by atoms with Crippen molar-refractivity contribution in [2.24, 2.45) is 23.2 Å². The molecule has 1 aromatic rings. The molecule has 0 aromatic heterocycles. The van der Waals surface area contributed by atoms with E-state index >= 15 is 0 Å². The van der Waals surface area contributed by atoms with Crippen LogP contribution in [0.1, 0.15) is 30.9 Å². The van der Waals surface area contributed by atoms with Crippen LogP contribution in [0.5, 0.6) is 0 Å². The van der Waals surface area contributed by atoms with Crippen molar-refractivity contribution >= 4 is 17.9 Å². The van der Waals surface area contributed by atoms with E-state index in [9.17, 15) is 14.4 Å². The van der Waals surface area contributed by atoms with Gasteiger partial charge in [0.05, 0.1) is 39.5 Å². The molecule has 0 bridgehead atoms. The summed E-state index contributed by atoms with van der Waals surface area (Å²) in [5.74, 6) is -2.65. The van der Waals surface area contributed by atoms with E-state index in [1.165, 1.54) is 21.3 Å². The molecule has 1 saturated heterocycles. The maximum Gasteiger partial charge on any atom is 0.323 e. The minimum absolute atomic E-state index is 0.139. The third kappa shape index (κ3) is 3.12. The van der Waals surface area contributed by atoms with Crippen LogP contribution in [0.2, 0.25) is 0 Å². The first-order valence-electron chi connectivity index (χ1n) is 10.1. The maximum absolute atomic E-state index is 12.8. The molecule has 0 radical (unpaired) electrons. The Balaban J connectivity index is 1.70. The van der Waals surface area contributed by atoms with Crippen LogP contribution in [-0.4, -0.2) is 45.3 Å². The number of fused-ring (bicyclic) bond motifs is 2. The lowest BCUT2D eigenvalue weighted by Gasteiger charge is -2.34. The second kappa shape index (κ2) is 7.87. The summed E-state index contributed by atoms with van der Waals surface area (Å²) in [4.78, 5) is 38.1. The Bertz CT molecular complexity index is 859. The van der Waals surface area contributed by atoms with Crippen LogP contribution in [0, 0.1) is 23.2 Å². The first-order chi connectivity index (χ1) is 14.4. The molecule has 5 atom stereocenters. The summed E-state index contributed by atoms with van der Waals surface area (Å²) < 4.78 is 21.3. The number of benzene rings is 1. The standard InChI is InChI=1S/C23H26O7/c1-27-20(24)18-16-12-23(21(25)28-2,22(26)29-3)11-15(16)9-14-10-17(30-19(14)18)13-7-5-4-6-8-13/h4-9,15-19H,10-12H2,1-3H3/t15-,16-,17-,18+,19-/m0/s1. The van der Waals surface area contributed by atoms with Crippen LogP contribution >= 0.6 is 0 Å². The quantitative estimate of drug-likeness (QED) is 0.324. The number of allylic oxidation sites excluding steroid dienone is 1. The van der Waals surface area contributed by atoms with E-state index in [-0.39, 0.29) is 36.8 Å². The number of esters is 3. The topological polar surface area (TPSA) is 88.1 Å². The molecule has 4 rings (SSSR count). The van der Waals surface area contributed by atoms with Crippen molar-refractivity contribution in [2.75, 3.05) is 21.3 Å². The molecule has 2 fully saturated rings. The predicted molar refractivity (Wildman–Crippen MR) is 105 cm³/mol. The SMILES string of the molecule is COC(=O)[C@@H]1[C@H]2CC(C(=O)OC)(C(=O)OC)C[C@@H]2C=C2C[C@@H](c3ccccc3)O[C@@H]21. The van der Waals surface area contributed by atoms with E-state index in [1.807, 2.05) is 30.3 Å². The van der Waals surface area contributed by atoms with Gasteiger partial charge in [0, 0.05) is 6.42 Å². The minimum Gasteiger partial charge on any atom is -0.469 e. The van der Waals surface area contributed by atoms with Crippen molar-refractivity contribution in [3.63, 3.8) is 0 Å². The normalized spacial score (nSPS) is 31.2. The fourth-order valence-electron chi connectivity index (χ4n) is 5.49. The van der Waals surface area contributed by atoms with Crippen LogP contribution in [0.25, 0.3) is 0 Å². The van der Waals surface area contributed by atoms with Crippen LogP contribution in [-0.2, 0) is 33.3 Å². The molecule has 2 aliphatic carbocycles. The van der Waals surface area contributed by atoms with E-state index in [4.69, 9.17) is 18.9 Å². The second-order valence-electron chi connectivity index (χ2n) is 8.25. The van der Waals surface area contributed by atoms with E-state index in [2.05, 4.69) is 6.08 Å². The Labute approximate surface area is 175 Å². The van der Waals surface area contributed by atoms with Crippen LogP contribution in [0.4, 0.5) is 0 Å². The van der Waals surface area contributed by atoms with Crippen molar-refractivity contribution in [1.82, 2.24) is 0 Å². The molecule has 0 N–H and O–H groups in total. The van der Waals surface area contributed by atoms with Gasteiger partial charge in [-0.05, 0) is 35.8 Å². The van der Waals surface area contributed by atoms with Crippen molar-refractivity contribution in [3.8, 4) is 0 Å². The summed E-state index contributed by atoms with van der Waals surface area (Å²) in [6.45, 7) is 0. The zero-order valence-electron chi connectivity index (χ0n) is 17.3. The third-order valence-electron chi connectivity index (χ3n) is 6.83. The number of ether oxygens (including phenoxy) is 4. The molecule has 30 heavy (non-hydrogen) atoms. The predicted octanol–water partition coefficient (Wildman–Crippen LogP) is 2.60. The lowest BCUT2D eigenvalue weighted by atomic mass is 9.72. The molecule has 160 valence electrons. The van der Waals surface area contributed by atoms with Gasteiger partial charge in [0.2, 0.25) is 0 Å². The number of carbonyl (C=O) groups is 3. The van der Waals surface area contributed by atoms with Gasteiger partial charge >= 0.3 is 17.9 Å². The molecule has 0 amide bonds. The average Bonchev–Trinajstić information content (AvgIpc) is 3.38. The van der Waals surface area contributed by atoms with Crippen LogP contribution in [0.3, 0.4) is 0 Å². The van der Waals surface area contributed by atoms with Gasteiger partial charge in [-0.3, -0.25) is 14.4 Å². The summed E-state index contributed by atoms with van der Waals surface area (Å²) in [6.07, 6.45) is 2.59. The van der Waals surface area contributed by atoms with Gasteiger partial charge in [-0.2, -0.15) is 0 Å². The average molecular weight is 414 g/mol. The lowest BCUT2D eigenvalue weighted by Crippen LogP contribution is -2.42. The zero-order chi connectivity index (χ0) is 21.5. The Morgan fingerprint density at radius 3 is 2.23 bits per heavy atom. The largest absolute Gasteiger partial charge is 0.469 e. The monoisotopic (exact) mass is 414 g/mol. The lowest BCUT2D eigenvalue weighted by molar-refractivity contribution is -0.170. The highest BCUT2D eigenvalue weighted by atomic mass is 16.5. The highest BCUT2D eigenvalue weighted by molar-refractivity contribution is 6.00. The summed E-state index contributed by atoms with van der Waals surface area (Å²) in [7, 11) is 3.86. The third-order valence-corrected chi connectivity index (χ3v) is 6.83. The van der Waals surface area contributed by atoms with Gasteiger partial charge in [-0.15, -0.1) is 0 Å². The molecule has 1 heterocycles. The van der Waals surface area contributed by atoms with Crippen LogP contribution in [0.15, 0.2) is 42.0 Å². The Morgan fingerprint density at radius 1 is 0.967 bits per heavy atom. The molecule has 1 aromatic carbocycles. The highest BCUT2D eigenvalue weighted by Gasteiger charge is 2.62.